The molecule has 160 valence electrons. The Morgan fingerprint density at radius 2 is 1.84 bits per heavy atom. The monoisotopic (exact) mass is 462 g/mol. The van der Waals surface area contributed by atoms with Gasteiger partial charge in [-0.2, -0.15) is 0 Å². The fourth-order valence-electron chi connectivity index (χ4n) is 3.57. The van der Waals surface area contributed by atoms with E-state index in [4.69, 9.17) is 21.1 Å². The lowest BCUT2D eigenvalue weighted by molar-refractivity contribution is 0.269. The highest BCUT2D eigenvalue weighted by Gasteiger charge is 2.14. The van der Waals surface area contributed by atoms with Crippen LogP contribution in [0.5, 0.6) is 11.5 Å². The van der Waals surface area contributed by atoms with Crippen molar-refractivity contribution in [2.75, 3.05) is 6.61 Å². The number of imidazole rings is 1. The molecular weight excluding hydrogens is 444 g/mol. The normalized spacial score (nSPS) is 12.0. The fraction of sp³-hybridized carbons (Fsp3) is 0.120. The molecule has 5 rings (SSSR count). The molecule has 0 saturated heterocycles. The van der Waals surface area contributed by atoms with E-state index in [1.54, 1.807) is 10.5 Å². The predicted molar refractivity (Wildman–Crippen MR) is 129 cm³/mol. The summed E-state index contributed by atoms with van der Waals surface area (Å²) in [7, 11) is 0. The van der Waals surface area contributed by atoms with Crippen LogP contribution in [0, 0.1) is 0 Å². The van der Waals surface area contributed by atoms with Crippen LogP contribution in [-0.2, 0) is 6.61 Å². The van der Waals surface area contributed by atoms with Crippen molar-refractivity contribution in [2.45, 2.75) is 13.5 Å². The van der Waals surface area contributed by atoms with Crippen molar-refractivity contribution >= 4 is 45.0 Å². The summed E-state index contributed by atoms with van der Waals surface area (Å²) in [5.41, 5.74) is 3.31. The Kier molecular flexibility index (Phi) is 5.55. The van der Waals surface area contributed by atoms with E-state index < -0.39 is 0 Å². The lowest BCUT2D eigenvalue weighted by Crippen LogP contribution is -2.22. The molecule has 0 unspecified atom stereocenters. The van der Waals surface area contributed by atoms with E-state index >= 15 is 0 Å². The van der Waals surface area contributed by atoms with Crippen molar-refractivity contribution in [1.82, 2.24) is 9.38 Å². The summed E-state index contributed by atoms with van der Waals surface area (Å²) in [6.45, 7) is 2.75. The summed E-state index contributed by atoms with van der Waals surface area (Å²) in [5, 5.41) is 0.428. The maximum absolute atomic E-state index is 13.0. The molecule has 0 spiro atoms. The minimum atomic E-state index is -0.0998. The highest BCUT2D eigenvalue weighted by molar-refractivity contribution is 7.15. The number of hydrogen-bond acceptors (Lipinski definition) is 5. The van der Waals surface area contributed by atoms with Gasteiger partial charge in [0.1, 0.15) is 6.61 Å². The molecule has 0 N–H and O–H groups in total. The number of nitrogens with zero attached hydrogens (tertiary/aromatic N) is 2. The van der Waals surface area contributed by atoms with Gasteiger partial charge in [-0.05, 0) is 48.4 Å². The van der Waals surface area contributed by atoms with Gasteiger partial charge >= 0.3 is 0 Å². The Bertz CT molecular complexity index is 1530. The molecule has 0 bridgehead atoms. The van der Waals surface area contributed by atoms with Crippen molar-refractivity contribution < 1.29 is 9.47 Å². The van der Waals surface area contributed by atoms with E-state index in [2.05, 4.69) is 4.98 Å². The van der Waals surface area contributed by atoms with E-state index in [9.17, 15) is 4.79 Å². The number of rotatable bonds is 6. The van der Waals surface area contributed by atoms with Crippen molar-refractivity contribution in [1.29, 1.82) is 0 Å². The standard InChI is InChI=1S/C25H19ClN2O3S/c1-2-30-21-13-17(12-18(26)23(21)31-15-16-8-4-3-5-9-16)14-22-24(29)28-20-11-7-6-10-19(20)27-25(28)32-22/h3-14H,2,15H2,1H3/b22-14-. The van der Waals surface area contributed by atoms with Gasteiger partial charge in [-0.25, -0.2) is 9.38 Å². The molecule has 0 amide bonds. The van der Waals surface area contributed by atoms with Gasteiger partial charge in [0.25, 0.3) is 5.56 Å². The molecule has 0 atom stereocenters. The first-order valence-electron chi connectivity index (χ1n) is 10.2. The Morgan fingerprint density at radius 1 is 1.06 bits per heavy atom. The van der Waals surface area contributed by atoms with E-state index in [1.807, 2.05) is 73.7 Å². The highest BCUT2D eigenvalue weighted by Crippen LogP contribution is 2.37. The summed E-state index contributed by atoms with van der Waals surface area (Å²) in [4.78, 5) is 18.3. The SMILES string of the molecule is CCOc1cc(/C=c2\sc3nc4ccccc4n3c2=O)cc(Cl)c1OCc1ccccc1. The van der Waals surface area contributed by atoms with Crippen LogP contribution in [0.3, 0.4) is 0 Å². The van der Waals surface area contributed by atoms with Crippen LogP contribution in [0.1, 0.15) is 18.1 Å². The largest absolute Gasteiger partial charge is 0.490 e. The molecule has 7 heteroatoms. The minimum absolute atomic E-state index is 0.0998. The summed E-state index contributed by atoms with van der Waals surface area (Å²) in [5.74, 6) is 1.03. The number of aromatic nitrogens is 2. The van der Waals surface area contributed by atoms with Crippen LogP contribution >= 0.6 is 22.9 Å². The van der Waals surface area contributed by atoms with Gasteiger partial charge in [-0.3, -0.25) is 4.79 Å². The number of halogens is 1. The lowest BCUT2D eigenvalue weighted by atomic mass is 10.2. The van der Waals surface area contributed by atoms with E-state index in [1.165, 1.54) is 11.3 Å². The number of para-hydroxylation sites is 2. The average Bonchev–Trinajstić information content (AvgIpc) is 3.30. The van der Waals surface area contributed by atoms with Gasteiger partial charge in [-0.1, -0.05) is 65.4 Å². The molecule has 2 heterocycles. The summed E-state index contributed by atoms with van der Waals surface area (Å²) in [6, 6.07) is 21.1. The molecule has 0 aliphatic rings. The molecule has 32 heavy (non-hydrogen) atoms. The van der Waals surface area contributed by atoms with Gasteiger partial charge in [0, 0.05) is 0 Å². The molecule has 3 aromatic carbocycles. The second-order valence-corrected chi connectivity index (χ2v) is 8.59. The topological polar surface area (TPSA) is 52.8 Å². The number of fused-ring (bicyclic) bond motifs is 3. The first kappa shape index (κ1) is 20.5. The van der Waals surface area contributed by atoms with Crippen LogP contribution in [0.15, 0.2) is 71.5 Å². The molecule has 0 radical (unpaired) electrons. The van der Waals surface area contributed by atoms with Gasteiger partial charge in [-0.15, -0.1) is 0 Å². The van der Waals surface area contributed by atoms with Gasteiger partial charge < -0.3 is 9.47 Å². The molecule has 0 fully saturated rings. The fourth-order valence-corrected chi connectivity index (χ4v) is 4.83. The number of thiazole rings is 1. The van der Waals surface area contributed by atoms with Crippen LogP contribution < -0.4 is 19.6 Å². The first-order valence-corrected chi connectivity index (χ1v) is 11.4. The second kappa shape index (κ2) is 8.65. The summed E-state index contributed by atoms with van der Waals surface area (Å²) >= 11 is 7.91. The van der Waals surface area contributed by atoms with Crippen molar-refractivity contribution in [3.8, 4) is 11.5 Å². The van der Waals surface area contributed by atoms with Crippen LogP contribution in [0.4, 0.5) is 0 Å². The first-order chi connectivity index (χ1) is 15.6. The van der Waals surface area contributed by atoms with Crippen molar-refractivity contribution in [2.24, 2.45) is 0 Å². The van der Waals surface area contributed by atoms with Gasteiger partial charge in [0.05, 0.1) is 27.2 Å². The average molecular weight is 463 g/mol. The third kappa shape index (κ3) is 3.83. The molecule has 5 nitrogen and oxygen atoms in total. The van der Waals surface area contributed by atoms with Crippen LogP contribution in [0.2, 0.25) is 5.02 Å². The zero-order valence-electron chi connectivity index (χ0n) is 17.2. The van der Waals surface area contributed by atoms with Crippen LogP contribution in [0.25, 0.3) is 22.1 Å². The van der Waals surface area contributed by atoms with Gasteiger partial charge in [0.15, 0.2) is 16.5 Å². The van der Waals surface area contributed by atoms with E-state index in [-0.39, 0.29) is 5.56 Å². The highest BCUT2D eigenvalue weighted by atomic mass is 35.5. The van der Waals surface area contributed by atoms with Crippen molar-refractivity contribution in [3.63, 3.8) is 0 Å². The minimum Gasteiger partial charge on any atom is -0.490 e. The summed E-state index contributed by atoms with van der Waals surface area (Å²) < 4.78 is 14.0. The molecule has 0 saturated carbocycles. The Hall–Kier alpha value is -3.35. The third-order valence-electron chi connectivity index (χ3n) is 5.00. The Labute approximate surface area is 193 Å². The maximum atomic E-state index is 13.0. The van der Waals surface area contributed by atoms with Gasteiger partial charge in [0.2, 0.25) is 0 Å². The Morgan fingerprint density at radius 3 is 2.66 bits per heavy atom. The molecule has 0 aliphatic carbocycles. The summed E-state index contributed by atoms with van der Waals surface area (Å²) in [6.07, 6.45) is 1.81. The molecule has 5 aromatic rings. The smallest absolute Gasteiger partial charge is 0.274 e. The molecular formula is C25H19ClN2O3S. The zero-order valence-corrected chi connectivity index (χ0v) is 18.8. The van der Waals surface area contributed by atoms with Crippen molar-refractivity contribution in [3.05, 3.63) is 97.8 Å². The van der Waals surface area contributed by atoms with E-state index in [0.717, 1.165) is 22.2 Å². The molecule has 0 aliphatic heterocycles. The molecule has 2 aromatic heterocycles. The number of ether oxygens (including phenoxy) is 2. The predicted octanol–water partition coefficient (Wildman–Crippen LogP) is 5.09. The zero-order chi connectivity index (χ0) is 22.1. The number of hydrogen-bond donors (Lipinski definition) is 0. The lowest BCUT2D eigenvalue weighted by Gasteiger charge is -2.14. The third-order valence-corrected chi connectivity index (χ3v) is 6.25. The van der Waals surface area contributed by atoms with E-state index in [0.29, 0.717) is 39.2 Å². The second-order valence-electron chi connectivity index (χ2n) is 7.17. The van der Waals surface area contributed by atoms with Crippen LogP contribution in [-0.4, -0.2) is 16.0 Å². The Balaban J connectivity index is 1.54. The number of benzene rings is 3. The maximum Gasteiger partial charge on any atom is 0.274 e. The quantitative estimate of drug-likeness (QED) is 0.353.